The lowest BCUT2D eigenvalue weighted by Crippen LogP contribution is -2.00. The van der Waals surface area contributed by atoms with E-state index >= 15 is 0 Å². The number of carboxylic acid groups (broad SMARTS) is 1. The summed E-state index contributed by atoms with van der Waals surface area (Å²) >= 11 is 1.02. The van der Waals surface area contributed by atoms with Crippen LogP contribution >= 0.6 is 11.8 Å². The van der Waals surface area contributed by atoms with Crippen LogP contribution in [-0.4, -0.2) is 21.0 Å². The van der Waals surface area contributed by atoms with Crippen LogP contribution in [0.3, 0.4) is 0 Å². The lowest BCUT2D eigenvalue weighted by Gasteiger charge is -2.04. The van der Waals surface area contributed by atoms with Crippen LogP contribution in [0, 0.1) is 22.9 Å². The number of nitro groups is 1. The van der Waals surface area contributed by atoms with Crippen molar-refractivity contribution in [3.8, 4) is 0 Å². The third kappa shape index (κ3) is 3.34. The third-order valence-corrected chi connectivity index (χ3v) is 3.56. The highest BCUT2D eigenvalue weighted by molar-refractivity contribution is 7.99. The number of halogens is 1. The first-order valence-corrected chi connectivity index (χ1v) is 6.52. The number of carbonyl (C=O) groups is 1. The van der Waals surface area contributed by atoms with E-state index in [4.69, 9.17) is 5.11 Å². The molecule has 0 atom stereocenters. The number of aromatic nitrogens is 1. The molecule has 0 aliphatic carbocycles. The molecule has 0 fully saturated rings. The standard InChI is InChI=1S/C13H9FN2O4S/c1-7-6-15-12(5-11(7)16(19)20)21-8-2-3-10(14)9(4-8)13(17)18/h2-6H,1H3,(H,17,18). The summed E-state index contributed by atoms with van der Waals surface area (Å²) < 4.78 is 13.3. The molecule has 0 saturated heterocycles. The van der Waals surface area contributed by atoms with Gasteiger partial charge < -0.3 is 5.11 Å². The Morgan fingerprint density at radius 2 is 2.14 bits per heavy atom. The van der Waals surface area contributed by atoms with Crippen molar-refractivity contribution in [3.63, 3.8) is 0 Å². The van der Waals surface area contributed by atoms with Crippen LogP contribution in [-0.2, 0) is 0 Å². The number of rotatable bonds is 4. The molecule has 6 nitrogen and oxygen atoms in total. The van der Waals surface area contributed by atoms with E-state index in [1.165, 1.54) is 18.3 Å². The summed E-state index contributed by atoms with van der Waals surface area (Å²) in [6.07, 6.45) is 1.36. The molecule has 2 aromatic rings. The average Bonchev–Trinajstić information content (AvgIpc) is 2.42. The molecule has 1 aromatic carbocycles. The number of aromatic carboxylic acids is 1. The minimum absolute atomic E-state index is 0.0759. The fourth-order valence-corrected chi connectivity index (χ4v) is 2.43. The van der Waals surface area contributed by atoms with Crippen molar-refractivity contribution in [2.45, 2.75) is 16.8 Å². The fraction of sp³-hybridized carbons (Fsp3) is 0.0769. The highest BCUT2D eigenvalue weighted by Gasteiger charge is 2.15. The smallest absolute Gasteiger partial charge is 0.338 e. The molecule has 8 heteroatoms. The average molecular weight is 308 g/mol. The Labute approximate surface area is 122 Å². The topological polar surface area (TPSA) is 93.3 Å². The number of hydrogen-bond donors (Lipinski definition) is 1. The van der Waals surface area contributed by atoms with Gasteiger partial charge in [0.1, 0.15) is 10.8 Å². The first-order valence-electron chi connectivity index (χ1n) is 5.70. The molecule has 1 aromatic heterocycles. The quantitative estimate of drug-likeness (QED) is 0.688. The fourth-order valence-electron chi connectivity index (χ4n) is 1.60. The monoisotopic (exact) mass is 308 g/mol. The Kier molecular flexibility index (Phi) is 4.18. The summed E-state index contributed by atoms with van der Waals surface area (Å²) in [6, 6.07) is 4.88. The number of carboxylic acids is 1. The van der Waals surface area contributed by atoms with E-state index in [2.05, 4.69) is 4.98 Å². The molecule has 0 aliphatic rings. The van der Waals surface area contributed by atoms with Gasteiger partial charge in [-0.25, -0.2) is 14.2 Å². The van der Waals surface area contributed by atoms with Crippen molar-refractivity contribution in [2.75, 3.05) is 0 Å². The number of hydrogen-bond acceptors (Lipinski definition) is 5. The van der Waals surface area contributed by atoms with Gasteiger partial charge in [0.2, 0.25) is 0 Å². The van der Waals surface area contributed by atoms with Crippen molar-refractivity contribution in [2.24, 2.45) is 0 Å². The van der Waals surface area contributed by atoms with Crippen LogP contribution in [0.2, 0.25) is 0 Å². The molecule has 0 saturated carbocycles. The maximum atomic E-state index is 13.3. The summed E-state index contributed by atoms with van der Waals surface area (Å²) in [6.45, 7) is 1.57. The van der Waals surface area contributed by atoms with Gasteiger partial charge in [0.05, 0.1) is 10.5 Å². The van der Waals surface area contributed by atoms with Crippen molar-refractivity contribution < 1.29 is 19.2 Å². The molecule has 21 heavy (non-hydrogen) atoms. The largest absolute Gasteiger partial charge is 0.478 e. The van der Waals surface area contributed by atoms with E-state index in [-0.39, 0.29) is 5.69 Å². The predicted octanol–water partition coefficient (Wildman–Crippen LogP) is 3.29. The predicted molar refractivity (Wildman–Crippen MR) is 73.1 cm³/mol. The van der Waals surface area contributed by atoms with Crippen molar-refractivity contribution in [1.82, 2.24) is 4.98 Å². The van der Waals surface area contributed by atoms with Gasteiger partial charge >= 0.3 is 5.97 Å². The Morgan fingerprint density at radius 1 is 1.43 bits per heavy atom. The zero-order chi connectivity index (χ0) is 15.6. The summed E-state index contributed by atoms with van der Waals surface area (Å²) in [7, 11) is 0. The Hall–Kier alpha value is -2.48. The first-order chi connectivity index (χ1) is 9.88. The highest BCUT2D eigenvalue weighted by atomic mass is 32.2. The van der Waals surface area contributed by atoms with Crippen LogP contribution in [0.1, 0.15) is 15.9 Å². The van der Waals surface area contributed by atoms with Gasteiger partial charge in [-0.05, 0) is 25.1 Å². The van der Waals surface area contributed by atoms with Crippen molar-refractivity contribution in [3.05, 3.63) is 57.5 Å². The van der Waals surface area contributed by atoms with Gasteiger partial charge in [-0.3, -0.25) is 10.1 Å². The number of benzene rings is 1. The second-order valence-electron chi connectivity index (χ2n) is 4.12. The normalized spacial score (nSPS) is 10.4. The zero-order valence-corrected chi connectivity index (χ0v) is 11.6. The van der Waals surface area contributed by atoms with Gasteiger partial charge in [-0.2, -0.15) is 0 Å². The van der Waals surface area contributed by atoms with Gasteiger partial charge in [-0.15, -0.1) is 0 Å². The number of aryl methyl sites for hydroxylation is 1. The molecule has 0 radical (unpaired) electrons. The van der Waals surface area contributed by atoms with Crippen LogP contribution in [0.25, 0.3) is 0 Å². The second kappa shape index (κ2) is 5.88. The van der Waals surface area contributed by atoms with E-state index in [0.29, 0.717) is 15.5 Å². The Balaban J connectivity index is 2.34. The minimum atomic E-state index is -1.38. The van der Waals surface area contributed by atoms with Gasteiger partial charge in [0.25, 0.3) is 5.69 Å². The first kappa shape index (κ1) is 14.9. The number of pyridine rings is 1. The molecule has 0 aliphatic heterocycles. The molecule has 0 bridgehead atoms. The molecule has 2 rings (SSSR count). The summed E-state index contributed by atoms with van der Waals surface area (Å²) in [5.41, 5.74) is -0.107. The molecule has 108 valence electrons. The summed E-state index contributed by atoms with van der Waals surface area (Å²) in [5.74, 6) is -2.22. The molecule has 0 unspecified atom stereocenters. The third-order valence-electron chi connectivity index (χ3n) is 2.64. The second-order valence-corrected chi connectivity index (χ2v) is 5.21. The molecule has 0 amide bonds. The number of nitrogens with zero attached hydrogens (tertiary/aromatic N) is 2. The highest BCUT2D eigenvalue weighted by Crippen LogP contribution is 2.30. The SMILES string of the molecule is Cc1cnc(Sc2ccc(F)c(C(=O)O)c2)cc1[N+](=O)[O-]. The molecule has 0 spiro atoms. The van der Waals surface area contributed by atoms with E-state index in [9.17, 15) is 19.3 Å². The van der Waals surface area contributed by atoms with E-state index in [0.717, 1.165) is 23.9 Å². The summed E-state index contributed by atoms with van der Waals surface area (Å²) in [5, 5.41) is 20.0. The van der Waals surface area contributed by atoms with Crippen molar-refractivity contribution >= 4 is 23.4 Å². The lowest BCUT2D eigenvalue weighted by molar-refractivity contribution is -0.385. The van der Waals surface area contributed by atoms with E-state index in [1.54, 1.807) is 6.92 Å². The molecular weight excluding hydrogens is 299 g/mol. The molecule has 1 N–H and O–H groups in total. The zero-order valence-electron chi connectivity index (χ0n) is 10.7. The van der Waals surface area contributed by atoms with E-state index < -0.39 is 22.3 Å². The van der Waals surface area contributed by atoms with E-state index in [1.807, 2.05) is 0 Å². The summed E-state index contributed by atoms with van der Waals surface area (Å²) in [4.78, 5) is 25.7. The Bertz CT molecular complexity index is 675. The van der Waals surface area contributed by atoms with Crippen LogP contribution in [0.15, 0.2) is 40.4 Å². The van der Waals surface area contributed by atoms with Gasteiger partial charge in [0.15, 0.2) is 0 Å². The van der Waals surface area contributed by atoms with Gasteiger partial charge in [-0.1, -0.05) is 11.8 Å². The molecular formula is C13H9FN2O4S. The Morgan fingerprint density at radius 3 is 2.76 bits per heavy atom. The van der Waals surface area contributed by atoms with Crippen LogP contribution in [0.4, 0.5) is 10.1 Å². The maximum Gasteiger partial charge on any atom is 0.338 e. The molecule has 1 heterocycles. The van der Waals surface area contributed by atoms with Gasteiger partial charge in [0, 0.05) is 22.7 Å². The van der Waals surface area contributed by atoms with Crippen LogP contribution < -0.4 is 0 Å². The maximum absolute atomic E-state index is 13.3. The minimum Gasteiger partial charge on any atom is -0.478 e. The lowest BCUT2D eigenvalue weighted by atomic mass is 10.2. The van der Waals surface area contributed by atoms with Crippen molar-refractivity contribution in [1.29, 1.82) is 0 Å². The van der Waals surface area contributed by atoms with Crippen LogP contribution in [0.5, 0.6) is 0 Å².